The molecular formula is C16H15ClF5N3O5S2. The Balaban J connectivity index is 0.000000451. The summed E-state index contributed by atoms with van der Waals surface area (Å²) < 4.78 is 92.0. The second-order valence-electron chi connectivity index (χ2n) is 6.16. The number of anilines is 1. The first-order chi connectivity index (χ1) is 14.8. The van der Waals surface area contributed by atoms with Crippen molar-refractivity contribution < 1.29 is 45.0 Å². The molecule has 1 aliphatic heterocycles. The van der Waals surface area contributed by atoms with Gasteiger partial charge in [-0.3, -0.25) is 4.72 Å². The Hall–Kier alpha value is -2.23. The van der Waals surface area contributed by atoms with Crippen molar-refractivity contribution in [3.8, 4) is 5.75 Å². The molecule has 16 heteroatoms. The Kier molecular flexibility index (Phi) is 8.61. The lowest BCUT2D eigenvalue weighted by Crippen LogP contribution is -2.44. The Morgan fingerprint density at radius 1 is 1.38 bits per heavy atom. The number of hydrogen-bond donors (Lipinski definition) is 3. The molecule has 0 unspecified atom stereocenters. The van der Waals surface area contributed by atoms with Crippen molar-refractivity contribution in [3.63, 3.8) is 0 Å². The van der Waals surface area contributed by atoms with E-state index in [2.05, 4.69) is 15.0 Å². The molecule has 3 N–H and O–H groups in total. The number of aliphatic carboxylic acids is 1. The minimum Gasteiger partial charge on any atom is -0.486 e. The molecule has 1 aromatic heterocycles. The Morgan fingerprint density at radius 2 is 2.03 bits per heavy atom. The predicted molar refractivity (Wildman–Crippen MR) is 105 cm³/mol. The van der Waals surface area contributed by atoms with Gasteiger partial charge in [-0.15, -0.1) is 11.3 Å². The number of nitrogens with zero attached hydrogens (tertiary/aromatic N) is 1. The SMILES string of the molecule is O=C(O)C(F)(F)F.O=S(=O)(Nc1cscn1)c1cc(Cl)c(O[C@H]2CCNC[C@H]2F)cc1F. The highest BCUT2D eigenvalue weighted by Crippen LogP contribution is 2.32. The molecule has 0 amide bonds. The maximum Gasteiger partial charge on any atom is 0.490 e. The molecule has 2 heterocycles. The van der Waals surface area contributed by atoms with Crippen LogP contribution in [0, 0.1) is 5.82 Å². The predicted octanol–water partition coefficient (Wildman–Crippen LogP) is 3.45. The highest BCUT2D eigenvalue weighted by Gasteiger charge is 2.38. The zero-order chi connectivity index (χ0) is 24.1. The van der Waals surface area contributed by atoms with Gasteiger partial charge in [0.05, 0.1) is 10.5 Å². The highest BCUT2D eigenvalue weighted by atomic mass is 35.5. The number of benzene rings is 1. The van der Waals surface area contributed by atoms with E-state index >= 15 is 0 Å². The maximum absolute atomic E-state index is 14.3. The summed E-state index contributed by atoms with van der Waals surface area (Å²) in [7, 11) is -4.20. The number of thiazole rings is 1. The normalized spacial score (nSPS) is 18.9. The van der Waals surface area contributed by atoms with E-state index in [1.54, 1.807) is 0 Å². The largest absolute Gasteiger partial charge is 0.490 e. The number of ether oxygens (including phenoxy) is 1. The number of halogens is 6. The molecule has 3 rings (SSSR count). The summed E-state index contributed by atoms with van der Waals surface area (Å²) >= 11 is 7.21. The maximum atomic E-state index is 14.3. The lowest BCUT2D eigenvalue weighted by atomic mass is 10.1. The van der Waals surface area contributed by atoms with Crippen LogP contribution in [0.2, 0.25) is 5.02 Å². The van der Waals surface area contributed by atoms with Crippen molar-refractivity contribution in [1.29, 1.82) is 0 Å². The highest BCUT2D eigenvalue weighted by molar-refractivity contribution is 7.92. The lowest BCUT2D eigenvalue weighted by molar-refractivity contribution is -0.192. The van der Waals surface area contributed by atoms with Crippen LogP contribution in [0.3, 0.4) is 0 Å². The fraction of sp³-hybridized carbons (Fsp3) is 0.375. The fourth-order valence-electron chi connectivity index (χ4n) is 2.35. The molecule has 0 radical (unpaired) electrons. The van der Waals surface area contributed by atoms with Crippen LogP contribution in [0.1, 0.15) is 6.42 Å². The lowest BCUT2D eigenvalue weighted by Gasteiger charge is -2.27. The number of carboxylic acids is 1. The van der Waals surface area contributed by atoms with Gasteiger partial charge in [0, 0.05) is 18.0 Å². The van der Waals surface area contributed by atoms with Crippen LogP contribution in [0.15, 0.2) is 27.9 Å². The van der Waals surface area contributed by atoms with E-state index < -0.39 is 45.2 Å². The molecule has 1 saturated heterocycles. The quantitative estimate of drug-likeness (QED) is 0.514. The van der Waals surface area contributed by atoms with Gasteiger partial charge < -0.3 is 15.2 Å². The van der Waals surface area contributed by atoms with Gasteiger partial charge in [0.1, 0.15) is 28.7 Å². The summed E-state index contributed by atoms with van der Waals surface area (Å²) in [5.41, 5.74) is 1.44. The summed E-state index contributed by atoms with van der Waals surface area (Å²) in [6.45, 7) is 0.698. The van der Waals surface area contributed by atoms with E-state index in [0.29, 0.717) is 13.0 Å². The summed E-state index contributed by atoms with van der Waals surface area (Å²) in [6.07, 6.45) is -6.72. The first kappa shape index (κ1) is 26.0. The summed E-state index contributed by atoms with van der Waals surface area (Å²) in [6, 6.07) is 1.79. The average molecular weight is 524 g/mol. The number of carbonyl (C=O) groups is 1. The Morgan fingerprint density at radius 3 is 2.56 bits per heavy atom. The number of aromatic nitrogens is 1. The summed E-state index contributed by atoms with van der Waals surface area (Å²) in [5.74, 6) is -3.82. The van der Waals surface area contributed by atoms with Crippen LogP contribution in [-0.2, 0) is 14.8 Å². The Labute approximate surface area is 187 Å². The number of sulfonamides is 1. The number of nitrogens with one attached hydrogen (secondary N) is 2. The van der Waals surface area contributed by atoms with Crippen LogP contribution >= 0.6 is 22.9 Å². The topological polar surface area (TPSA) is 118 Å². The minimum absolute atomic E-state index is 0.0795. The zero-order valence-electron chi connectivity index (χ0n) is 15.7. The monoisotopic (exact) mass is 523 g/mol. The van der Waals surface area contributed by atoms with Gasteiger partial charge in [0.15, 0.2) is 5.82 Å². The second kappa shape index (κ2) is 10.6. The number of rotatable bonds is 5. The average Bonchev–Trinajstić information content (AvgIpc) is 3.18. The van der Waals surface area contributed by atoms with Gasteiger partial charge in [-0.1, -0.05) is 11.6 Å². The third kappa shape index (κ3) is 7.15. The summed E-state index contributed by atoms with van der Waals surface area (Å²) in [4.78, 5) is 12.0. The van der Waals surface area contributed by atoms with Crippen LogP contribution in [-0.4, -0.2) is 56.0 Å². The van der Waals surface area contributed by atoms with Crippen molar-refractivity contribution in [2.24, 2.45) is 0 Å². The number of piperidine rings is 1. The fourth-order valence-corrected chi connectivity index (χ4v) is 4.27. The standard InChI is InChI=1S/C14H14ClF2N3O3S2.C2HF3O2/c15-8-3-13(25(21,22)20-14-6-24-7-19-14)9(16)4-12(8)23-11-1-2-18-5-10(11)17;3-2(4,5)1(6)7/h3-4,6-7,10-11,18,20H,1-2,5H2;(H,6,7)/t10-,11+;/m1./s1. The van der Waals surface area contributed by atoms with Gasteiger partial charge >= 0.3 is 12.1 Å². The number of alkyl halides is 4. The van der Waals surface area contributed by atoms with Gasteiger partial charge in [0.2, 0.25) is 0 Å². The van der Waals surface area contributed by atoms with Gasteiger partial charge in [0.25, 0.3) is 10.0 Å². The third-order valence-corrected chi connectivity index (χ3v) is 6.07. The van der Waals surface area contributed by atoms with Crippen molar-refractivity contribution in [3.05, 3.63) is 33.9 Å². The molecule has 0 aliphatic carbocycles. The number of hydrogen-bond acceptors (Lipinski definition) is 7. The Bertz CT molecular complexity index is 1040. The molecule has 0 spiro atoms. The molecule has 0 bridgehead atoms. The van der Waals surface area contributed by atoms with Crippen molar-refractivity contribution >= 4 is 44.7 Å². The van der Waals surface area contributed by atoms with Crippen LogP contribution in [0.5, 0.6) is 5.75 Å². The zero-order valence-corrected chi connectivity index (χ0v) is 18.1. The van der Waals surface area contributed by atoms with Crippen LogP contribution in [0.4, 0.5) is 27.8 Å². The molecule has 1 aromatic carbocycles. The van der Waals surface area contributed by atoms with E-state index in [4.69, 9.17) is 26.2 Å². The van der Waals surface area contributed by atoms with E-state index in [0.717, 1.165) is 12.1 Å². The van der Waals surface area contributed by atoms with Crippen molar-refractivity contribution in [2.45, 2.75) is 29.8 Å². The van der Waals surface area contributed by atoms with Crippen LogP contribution in [0.25, 0.3) is 0 Å². The smallest absolute Gasteiger partial charge is 0.486 e. The van der Waals surface area contributed by atoms with E-state index in [9.17, 15) is 30.4 Å². The molecule has 1 aliphatic rings. The third-order valence-electron chi connectivity index (χ3n) is 3.82. The molecule has 0 saturated carbocycles. The first-order valence-electron chi connectivity index (χ1n) is 8.53. The second-order valence-corrected chi connectivity index (χ2v) is 8.94. The van der Waals surface area contributed by atoms with Gasteiger partial charge in [-0.05, 0) is 19.0 Å². The molecule has 8 nitrogen and oxygen atoms in total. The molecule has 2 atom stereocenters. The number of carboxylic acid groups (broad SMARTS) is 1. The van der Waals surface area contributed by atoms with Crippen LogP contribution < -0.4 is 14.8 Å². The van der Waals surface area contributed by atoms with E-state index in [-0.39, 0.29) is 23.1 Å². The first-order valence-corrected chi connectivity index (χ1v) is 11.3. The molecule has 32 heavy (non-hydrogen) atoms. The van der Waals surface area contributed by atoms with E-state index in [1.165, 1.54) is 22.2 Å². The molecular weight excluding hydrogens is 509 g/mol. The van der Waals surface area contributed by atoms with Gasteiger partial charge in [-0.25, -0.2) is 27.0 Å². The van der Waals surface area contributed by atoms with Gasteiger partial charge in [-0.2, -0.15) is 13.2 Å². The summed E-state index contributed by atoms with van der Waals surface area (Å²) in [5, 5.41) is 11.3. The minimum atomic E-state index is -5.08. The molecule has 178 valence electrons. The van der Waals surface area contributed by atoms with Crippen molar-refractivity contribution in [2.75, 3.05) is 17.8 Å². The van der Waals surface area contributed by atoms with Crippen molar-refractivity contribution in [1.82, 2.24) is 10.3 Å². The molecule has 1 fully saturated rings. The van der Waals surface area contributed by atoms with E-state index in [1.807, 2.05) is 0 Å². The molecule has 2 aromatic rings.